The zero-order chi connectivity index (χ0) is 45.9. The fourth-order valence-corrected chi connectivity index (χ4v) is 11.7. The minimum Gasteiger partial charge on any atom is -0.374 e. The van der Waals surface area contributed by atoms with Crippen LogP contribution in [0.5, 0.6) is 0 Å². The summed E-state index contributed by atoms with van der Waals surface area (Å²) in [7, 11) is 0. The van der Waals surface area contributed by atoms with Crippen LogP contribution in [0.2, 0.25) is 0 Å². The molecule has 0 aliphatic carbocycles. The van der Waals surface area contributed by atoms with E-state index < -0.39 is 0 Å². The number of anilines is 3. The van der Waals surface area contributed by atoms with Gasteiger partial charge in [-0.1, -0.05) is 159 Å². The van der Waals surface area contributed by atoms with E-state index in [0.717, 1.165) is 5.69 Å². The van der Waals surface area contributed by atoms with Gasteiger partial charge in [0, 0.05) is 71.9 Å². The summed E-state index contributed by atoms with van der Waals surface area (Å²) in [5, 5.41) is 6.38. The normalized spacial score (nSPS) is 13.7. The predicted octanol–water partition coefficient (Wildman–Crippen LogP) is 15.1. The Kier molecular flexibility index (Phi) is 8.18. The Bertz CT molecular complexity index is 3840. The quantitative estimate of drug-likeness (QED) is 0.162. The van der Waals surface area contributed by atoms with E-state index in [1.165, 1.54) is 116 Å². The molecule has 2 aliphatic rings. The average molecular weight is 867 g/mol. The zero-order valence-corrected chi connectivity index (χ0v) is 40.0. The van der Waals surface area contributed by atoms with Crippen molar-refractivity contribution in [3.05, 3.63) is 187 Å². The van der Waals surface area contributed by atoms with E-state index in [0.29, 0.717) is 0 Å². The lowest BCUT2D eigenvalue weighted by Crippen LogP contribution is -2.58. The van der Waals surface area contributed by atoms with E-state index in [4.69, 9.17) is 0 Å². The molecule has 0 amide bonds. The highest BCUT2D eigenvalue weighted by Gasteiger charge is 2.47. The molecule has 0 fully saturated rings. The van der Waals surface area contributed by atoms with Crippen LogP contribution in [0.3, 0.4) is 0 Å². The predicted molar refractivity (Wildman–Crippen MR) is 287 cm³/mol. The van der Waals surface area contributed by atoms with Gasteiger partial charge >= 0.3 is 6.85 Å². The average Bonchev–Trinajstić information content (AvgIpc) is 3.96. The molecule has 326 valence electrons. The zero-order valence-electron chi connectivity index (χ0n) is 40.0. The third-order valence-electron chi connectivity index (χ3n) is 15.0. The van der Waals surface area contributed by atoms with E-state index >= 15 is 0 Å². The maximum Gasteiger partial charge on any atom is 0.351 e. The Hall–Kier alpha value is -7.24. The standard InChI is InChI=1S/C62H55BN4/c1-60(2,3)38-28-31-43(32-29-38)65-53-36-40(62(7,8)9)35-46-48-37-47-44-24-16-18-26-50(44)64(41-20-12-10-13-21-41)56(47)54-45-25-17-19-27-52(45)67(57(48)54)63(55(46)53)59-58(65)49-34-39(61(4,5)6)30-33-51(49)66(59)42-22-14-11-15-23-42/h10-37H,1-9H3. The molecule has 0 bridgehead atoms. The van der Waals surface area contributed by atoms with Crippen LogP contribution in [0.15, 0.2) is 170 Å². The Morgan fingerprint density at radius 3 is 1.61 bits per heavy atom. The SMILES string of the molecule is CC(C)(C)c1ccc(N2c3cc(C(C)(C)C)cc4c3B(c3c2c2cc(C(C)(C)C)ccc2n3-c2ccccc2)n2c3ccccc3c3c2c-4cc2c4ccccc4n(-c4ccccc4)c23)cc1. The van der Waals surface area contributed by atoms with Gasteiger partial charge in [0.25, 0.3) is 0 Å². The van der Waals surface area contributed by atoms with Gasteiger partial charge in [-0.3, -0.25) is 0 Å². The van der Waals surface area contributed by atoms with Crippen molar-refractivity contribution in [3.8, 4) is 22.5 Å². The molecule has 11 aromatic rings. The van der Waals surface area contributed by atoms with Crippen LogP contribution in [-0.4, -0.2) is 20.5 Å². The number of hydrogen-bond acceptors (Lipinski definition) is 1. The van der Waals surface area contributed by atoms with Crippen molar-refractivity contribution >= 4 is 89.5 Å². The molecule has 5 heteroatoms. The number of aromatic nitrogens is 3. The first-order chi connectivity index (χ1) is 32.2. The Labute approximate surface area is 393 Å². The Morgan fingerprint density at radius 1 is 0.388 bits per heavy atom. The van der Waals surface area contributed by atoms with Gasteiger partial charge < -0.3 is 18.5 Å². The largest absolute Gasteiger partial charge is 0.374 e. The highest BCUT2D eigenvalue weighted by Crippen LogP contribution is 2.52. The lowest BCUT2D eigenvalue weighted by molar-refractivity contribution is 0.590. The van der Waals surface area contributed by atoms with Gasteiger partial charge in [-0.05, 0) is 117 Å². The molecule has 0 saturated carbocycles. The number of hydrogen-bond donors (Lipinski definition) is 0. The van der Waals surface area contributed by atoms with Gasteiger partial charge in [-0.2, -0.15) is 0 Å². The number of nitrogens with zero attached hydrogens (tertiary/aromatic N) is 4. The number of para-hydroxylation sites is 4. The minimum atomic E-state index is -0.160. The second-order valence-corrected chi connectivity index (χ2v) is 22.2. The van der Waals surface area contributed by atoms with Gasteiger partial charge in [0.2, 0.25) is 0 Å². The first kappa shape index (κ1) is 40.1. The number of fused-ring (bicyclic) bond motifs is 13. The van der Waals surface area contributed by atoms with Crippen LogP contribution < -0.4 is 16.0 Å². The summed E-state index contributed by atoms with van der Waals surface area (Å²) in [6.45, 7) is 20.9. The monoisotopic (exact) mass is 866 g/mol. The molecule has 5 heterocycles. The van der Waals surface area contributed by atoms with Gasteiger partial charge in [-0.15, -0.1) is 0 Å². The summed E-state index contributed by atoms with van der Waals surface area (Å²) in [6, 6.07) is 64.7. The lowest BCUT2D eigenvalue weighted by Gasteiger charge is -2.41. The van der Waals surface area contributed by atoms with Gasteiger partial charge in [0.05, 0.1) is 22.2 Å². The van der Waals surface area contributed by atoms with E-state index in [2.05, 4.69) is 251 Å². The Morgan fingerprint density at radius 2 is 0.955 bits per heavy atom. The number of benzene rings is 8. The van der Waals surface area contributed by atoms with Gasteiger partial charge in [-0.25, -0.2) is 0 Å². The van der Waals surface area contributed by atoms with Crippen LogP contribution in [0.25, 0.3) is 77.0 Å². The van der Waals surface area contributed by atoms with Crippen LogP contribution in [0.1, 0.15) is 79.0 Å². The molecule has 0 N–H and O–H groups in total. The summed E-state index contributed by atoms with van der Waals surface area (Å²) in [5.74, 6) is 0. The van der Waals surface area contributed by atoms with Gasteiger partial charge in [0.15, 0.2) is 0 Å². The second kappa shape index (κ2) is 13.7. The van der Waals surface area contributed by atoms with Crippen molar-refractivity contribution in [1.29, 1.82) is 0 Å². The fraction of sp³-hybridized carbons (Fsp3) is 0.194. The molecule has 2 aliphatic heterocycles. The van der Waals surface area contributed by atoms with Crippen LogP contribution in [0.4, 0.5) is 17.1 Å². The topological polar surface area (TPSA) is 18.0 Å². The van der Waals surface area contributed by atoms with Crippen molar-refractivity contribution in [2.24, 2.45) is 0 Å². The molecule has 0 unspecified atom stereocenters. The molecule has 3 aromatic heterocycles. The minimum absolute atomic E-state index is 0.0203. The van der Waals surface area contributed by atoms with Crippen LogP contribution >= 0.6 is 0 Å². The molecule has 0 radical (unpaired) electrons. The first-order valence-electron chi connectivity index (χ1n) is 24.1. The van der Waals surface area contributed by atoms with Crippen LogP contribution in [0, 0.1) is 0 Å². The molecule has 8 aromatic carbocycles. The molecule has 0 atom stereocenters. The number of rotatable bonds is 3. The summed E-state index contributed by atoms with van der Waals surface area (Å²) in [5.41, 5.74) is 21.3. The molecular weight excluding hydrogens is 812 g/mol. The van der Waals surface area contributed by atoms with Crippen molar-refractivity contribution < 1.29 is 0 Å². The van der Waals surface area contributed by atoms with E-state index in [1.807, 2.05) is 0 Å². The Balaban J connectivity index is 1.28. The van der Waals surface area contributed by atoms with Crippen molar-refractivity contribution in [2.75, 3.05) is 4.90 Å². The van der Waals surface area contributed by atoms with Crippen molar-refractivity contribution in [1.82, 2.24) is 13.6 Å². The van der Waals surface area contributed by atoms with E-state index in [9.17, 15) is 0 Å². The van der Waals surface area contributed by atoms with Gasteiger partial charge in [0.1, 0.15) is 0 Å². The van der Waals surface area contributed by atoms with Crippen molar-refractivity contribution in [2.45, 2.75) is 78.6 Å². The summed E-state index contributed by atoms with van der Waals surface area (Å²) < 4.78 is 7.88. The third kappa shape index (κ3) is 5.61. The smallest absolute Gasteiger partial charge is 0.351 e. The van der Waals surface area contributed by atoms with E-state index in [-0.39, 0.29) is 23.1 Å². The summed E-state index contributed by atoms with van der Waals surface area (Å²) in [4.78, 5) is 2.65. The van der Waals surface area contributed by atoms with Crippen LogP contribution in [-0.2, 0) is 16.2 Å². The molecule has 4 nitrogen and oxygen atoms in total. The summed E-state index contributed by atoms with van der Waals surface area (Å²) in [6.07, 6.45) is 0. The highest BCUT2D eigenvalue weighted by atomic mass is 15.2. The third-order valence-corrected chi connectivity index (χ3v) is 15.0. The maximum absolute atomic E-state index is 2.75. The molecule has 67 heavy (non-hydrogen) atoms. The first-order valence-corrected chi connectivity index (χ1v) is 24.1. The molecule has 0 spiro atoms. The molecule has 0 saturated heterocycles. The highest BCUT2D eigenvalue weighted by molar-refractivity contribution is 6.90. The lowest BCUT2D eigenvalue weighted by atomic mass is 9.46. The second-order valence-electron chi connectivity index (χ2n) is 22.2. The van der Waals surface area contributed by atoms with Crippen molar-refractivity contribution in [3.63, 3.8) is 0 Å². The fourth-order valence-electron chi connectivity index (χ4n) is 11.7. The maximum atomic E-state index is 2.75. The summed E-state index contributed by atoms with van der Waals surface area (Å²) >= 11 is 0. The molecular formula is C62H55BN4. The van der Waals surface area contributed by atoms with E-state index in [1.54, 1.807) is 0 Å². The molecule has 13 rings (SSSR count).